The molecule has 0 saturated heterocycles. The highest BCUT2D eigenvalue weighted by molar-refractivity contribution is 5.17. The van der Waals surface area contributed by atoms with E-state index in [9.17, 15) is 0 Å². The molecule has 3 heteroatoms. The number of nitrogens with one attached hydrogen (secondary N) is 1. The molecule has 0 amide bonds. The molecule has 1 aromatic rings. The number of hydrogen-bond acceptors (Lipinski definition) is 3. The lowest BCUT2D eigenvalue weighted by molar-refractivity contribution is 0.496. The molecule has 0 saturated carbocycles. The molecule has 0 aliphatic carbocycles. The van der Waals surface area contributed by atoms with E-state index < -0.39 is 0 Å². The maximum Gasteiger partial charge on any atom is 0.0570 e. The van der Waals surface area contributed by atoms with Crippen molar-refractivity contribution in [3.8, 4) is 0 Å². The first-order chi connectivity index (χ1) is 7.24. The molecule has 1 heterocycles. The summed E-state index contributed by atoms with van der Waals surface area (Å²) < 4.78 is 0. The number of hydrogen-bond donors (Lipinski definition) is 2. The zero-order valence-corrected chi connectivity index (χ0v) is 9.66. The van der Waals surface area contributed by atoms with Gasteiger partial charge in [-0.2, -0.15) is 0 Å². The van der Waals surface area contributed by atoms with E-state index in [-0.39, 0.29) is 0 Å². The highest BCUT2D eigenvalue weighted by Gasteiger charge is 2.02. The first-order valence-corrected chi connectivity index (χ1v) is 5.58. The Kier molecular flexibility index (Phi) is 5.29. The molecule has 0 radical (unpaired) electrons. The van der Waals surface area contributed by atoms with E-state index in [2.05, 4.69) is 30.2 Å². The van der Waals surface area contributed by atoms with Gasteiger partial charge in [0.25, 0.3) is 0 Å². The van der Waals surface area contributed by atoms with Gasteiger partial charge >= 0.3 is 0 Å². The van der Waals surface area contributed by atoms with Crippen LogP contribution in [0.5, 0.6) is 0 Å². The van der Waals surface area contributed by atoms with Gasteiger partial charge in [-0.05, 0) is 44.9 Å². The number of nitrogens with zero attached hydrogens (tertiary/aromatic N) is 1. The Labute approximate surface area is 92.1 Å². The minimum absolute atomic E-state index is 0.509. The molecular formula is C12H21N3. The molecule has 1 rings (SSSR count). The minimum Gasteiger partial charge on any atom is -0.330 e. The van der Waals surface area contributed by atoms with Crippen molar-refractivity contribution in [3.63, 3.8) is 0 Å². The molecule has 1 atom stereocenters. The van der Waals surface area contributed by atoms with Crippen LogP contribution in [0.2, 0.25) is 0 Å². The first kappa shape index (κ1) is 12.1. The fraction of sp³-hybridized carbons (Fsp3) is 0.583. The van der Waals surface area contributed by atoms with Crippen molar-refractivity contribution in [2.45, 2.75) is 39.3 Å². The Bertz CT molecular complexity index is 286. The van der Waals surface area contributed by atoms with E-state index in [1.807, 2.05) is 12.3 Å². The molecule has 0 bridgehead atoms. The largest absolute Gasteiger partial charge is 0.330 e. The van der Waals surface area contributed by atoms with Crippen LogP contribution in [-0.2, 0) is 6.54 Å². The normalized spacial score (nSPS) is 12.7. The molecule has 84 valence electrons. The summed E-state index contributed by atoms with van der Waals surface area (Å²) in [4.78, 5) is 4.34. The van der Waals surface area contributed by atoms with Crippen LogP contribution in [0.1, 0.15) is 31.0 Å². The van der Waals surface area contributed by atoms with Gasteiger partial charge < -0.3 is 11.1 Å². The van der Waals surface area contributed by atoms with Crippen molar-refractivity contribution in [2.24, 2.45) is 5.73 Å². The topological polar surface area (TPSA) is 50.9 Å². The molecule has 3 nitrogen and oxygen atoms in total. The third-order valence-electron chi connectivity index (χ3n) is 2.58. The van der Waals surface area contributed by atoms with Crippen LogP contribution in [0.15, 0.2) is 18.3 Å². The van der Waals surface area contributed by atoms with E-state index in [1.165, 1.54) is 5.56 Å². The van der Waals surface area contributed by atoms with Gasteiger partial charge in [-0.15, -0.1) is 0 Å². The van der Waals surface area contributed by atoms with Gasteiger partial charge in [-0.25, -0.2) is 0 Å². The Morgan fingerprint density at radius 2 is 2.33 bits per heavy atom. The second kappa shape index (κ2) is 6.53. The van der Waals surface area contributed by atoms with E-state index >= 15 is 0 Å². The van der Waals surface area contributed by atoms with E-state index in [0.29, 0.717) is 6.04 Å². The Morgan fingerprint density at radius 3 is 3.00 bits per heavy atom. The molecule has 0 aliphatic rings. The molecule has 0 spiro atoms. The Morgan fingerprint density at radius 1 is 1.53 bits per heavy atom. The van der Waals surface area contributed by atoms with Crippen molar-refractivity contribution < 1.29 is 0 Å². The lowest BCUT2D eigenvalue weighted by atomic mass is 10.1. The lowest BCUT2D eigenvalue weighted by Gasteiger charge is -2.13. The molecule has 3 N–H and O–H groups in total. The Hall–Kier alpha value is -0.930. The van der Waals surface area contributed by atoms with Gasteiger partial charge in [0.05, 0.1) is 5.69 Å². The van der Waals surface area contributed by atoms with E-state index in [4.69, 9.17) is 5.73 Å². The number of aryl methyl sites for hydroxylation is 1. The summed E-state index contributed by atoms with van der Waals surface area (Å²) in [6.07, 6.45) is 4.05. The summed E-state index contributed by atoms with van der Waals surface area (Å²) >= 11 is 0. The smallest absolute Gasteiger partial charge is 0.0570 e. The molecule has 1 unspecified atom stereocenters. The van der Waals surface area contributed by atoms with Crippen LogP contribution in [0.4, 0.5) is 0 Å². The van der Waals surface area contributed by atoms with Crippen LogP contribution >= 0.6 is 0 Å². The molecule has 0 aliphatic heterocycles. The second-order valence-corrected chi connectivity index (χ2v) is 3.98. The highest BCUT2D eigenvalue weighted by atomic mass is 14.9. The highest BCUT2D eigenvalue weighted by Crippen LogP contribution is 2.03. The number of rotatable bonds is 6. The second-order valence-electron chi connectivity index (χ2n) is 3.98. The zero-order chi connectivity index (χ0) is 11.1. The number of pyridine rings is 1. The van der Waals surface area contributed by atoms with Crippen molar-refractivity contribution >= 4 is 0 Å². The van der Waals surface area contributed by atoms with Crippen molar-refractivity contribution in [1.82, 2.24) is 10.3 Å². The first-order valence-electron chi connectivity index (χ1n) is 5.58. The average Bonchev–Trinajstić information content (AvgIpc) is 2.25. The fourth-order valence-corrected chi connectivity index (χ4v) is 1.50. The standard InChI is InChI=1S/C12H21N3/c1-10-5-4-8-14-12(10)9-15-11(2)6-3-7-13/h4-5,8,11,15H,3,6-7,9,13H2,1-2H3. The van der Waals surface area contributed by atoms with Gasteiger partial charge in [0.1, 0.15) is 0 Å². The summed E-state index contributed by atoms with van der Waals surface area (Å²) in [5.41, 5.74) is 7.85. The van der Waals surface area contributed by atoms with Crippen LogP contribution in [0.3, 0.4) is 0 Å². The summed E-state index contributed by atoms with van der Waals surface area (Å²) in [6.45, 7) is 5.90. The predicted molar refractivity (Wildman–Crippen MR) is 63.6 cm³/mol. The van der Waals surface area contributed by atoms with Gasteiger partial charge in [0.15, 0.2) is 0 Å². The van der Waals surface area contributed by atoms with Gasteiger partial charge in [-0.1, -0.05) is 6.07 Å². The van der Waals surface area contributed by atoms with Gasteiger partial charge in [0, 0.05) is 18.8 Å². The van der Waals surface area contributed by atoms with E-state index in [1.54, 1.807) is 0 Å². The average molecular weight is 207 g/mol. The van der Waals surface area contributed by atoms with Crippen LogP contribution in [-0.4, -0.2) is 17.6 Å². The molecule has 15 heavy (non-hydrogen) atoms. The summed E-state index contributed by atoms with van der Waals surface area (Å²) in [6, 6.07) is 4.57. The summed E-state index contributed by atoms with van der Waals surface area (Å²) in [7, 11) is 0. The SMILES string of the molecule is Cc1cccnc1CNC(C)CCCN. The third-order valence-corrected chi connectivity index (χ3v) is 2.58. The minimum atomic E-state index is 0.509. The fourth-order valence-electron chi connectivity index (χ4n) is 1.50. The molecular weight excluding hydrogens is 186 g/mol. The summed E-state index contributed by atoms with van der Waals surface area (Å²) in [5, 5.41) is 3.46. The van der Waals surface area contributed by atoms with Crippen molar-refractivity contribution in [3.05, 3.63) is 29.6 Å². The quantitative estimate of drug-likeness (QED) is 0.745. The van der Waals surface area contributed by atoms with Crippen LogP contribution in [0, 0.1) is 6.92 Å². The summed E-state index contributed by atoms with van der Waals surface area (Å²) in [5.74, 6) is 0. The zero-order valence-electron chi connectivity index (χ0n) is 9.66. The lowest BCUT2D eigenvalue weighted by Crippen LogP contribution is -2.26. The van der Waals surface area contributed by atoms with Crippen LogP contribution < -0.4 is 11.1 Å². The molecule has 1 aromatic heterocycles. The van der Waals surface area contributed by atoms with Crippen molar-refractivity contribution in [2.75, 3.05) is 6.54 Å². The molecule has 0 aromatic carbocycles. The van der Waals surface area contributed by atoms with Gasteiger partial charge in [0.2, 0.25) is 0 Å². The molecule has 0 fully saturated rings. The predicted octanol–water partition coefficient (Wildman–Crippen LogP) is 1.61. The monoisotopic (exact) mass is 207 g/mol. The van der Waals surface area contributed by atoms with E-state index in [0.717, 1.165) is 31.6 Å². The maximum absolute atomic E-state index is 5.47. The number of nitrogens with two attached hydrogens (primary N) is 1. The maximum atomic E-state index is 5.47. The van der Waals surface area contributed by atoms with Crippen LogP contribution in [0.25, 0.3) is 0 Å². The third kappa shape index (κ3) is 4.40. The number of aromatic nitrogens is 1. The van der Waals surface area contributed by atoms with Crippen molar-refractivity contribution in [1.29, 1.82) is 0 Å². The van der Waals surface area contributed by atoms with Gasteiger partial charge in [-0.3, -0.25) is 4.98 Å². The Balaban J connectivity index is 2.33.